The second-order valence-electron chi connectivity index (χ2n) is 5.69. The number of hydrogen-bond donors (Lipinski definition) is 2. The number of aliphatic hydroxyl groups is 1. The molecule has 2 rings (SSSR count). The van der Waals surface area contributed by atoms with Crippen LogP contribution in [0.2, 0.25) is 0 Å². The molecule has 133 valence electrons. The van der Waals surface area contributed by atoms with Gasteiger partial charge in [0, 0.05) is 24.4 Å². The van der Waals surface area contributed by atoms with Crippen molar-refractivity contribution >= 4 is 5.84 Å². The predicted molar refractivity (Wildman–Crippen MR) is 79.6 cm³/mol. The zero-order valence-corrected chi connectivity index (χ0v) is 12.8. The van der Waals surface area contributed by atoms with E-state index in [9.17, 15) is 27.1 Å². The Balaban J connectivity index is 1.96. The Morgan fingerprint density at radius 3 is 2.54 bits per heavy atom. The zero-order chi connectivity index (χ0) is 17.7. The molecule has 0 aromatic heterocycles. The van der Waals surface area contributed by atoms with Crippen LogP contribution in [0.25, 0.3) is 0 Å². The minimum Gasteiger partial charge on any atom is -0.391 e. The molecule has 1 aliphatic rings. The van der Waals surface area contributed by atoms with E-state index in [0.29, 0.717) is 18.7 Å². The first-order valence-electron chi connectivity index (χ1n) is 7.56. The van der Waals surface area contributed by atoms with Crippen molar-refractivity contribution in [1.82, 2.24) is 5.32 Å². The molecule has 0 aliphatic carbocycles. The zero-order valence-electron chi connectivity index (χ0n) is 12.8. The lowest BCUT2D eigenvalue weighted by Crippen LogP contribution is -2.28. The van der Waals surface area contributed by atoms with Crippen molar-refractivity contribution in [2.75, 3.05) is 13.1 Å². The highest BCUT2D eigenvalue weighted by atomic mass is 19.4. The van der Waals surface area contributed by atoms with Gasteiger partial charge >= 0.3 is 6.18 Å². The van der Waals surface area contributed by atoms with E-state index < -0.39 is 42.8 Å². The smallest absolute Gasteiger partial charge is 0.391 e. The summed E-state index contributed by atoms with van der Waals surface area (Å²) in [4.78, 5) is 3.91. The number of alkyl halides is 3. The predicted octanol–water partition coefficient (Wildman–Crippen LogP) is 3.35. The van der Waals surface area contributed by atoms with E-state index in [1.54, 1.807) is 6.42 Å². The Bertz CT molecular complexity index is 568. The minimum absolute atomic E-state index is 0.00300. The number of aliphatic imine (C=N–C) groups is 1. The van der Waals surface area contributed by atoms with Crippen LogP contribution < -0.4 is 5.32 Å². The fourth-order valence-corrected chi connectivity index (χ4v) is 2.63. The Kier molecular flexibility index (Phi) is 6.15. The van der Waals surface area contributed by atoms with Crippen LogP contribution in [0.3, 0.4) is 0 Å². The first-order valence-corrected chi connectivity index (χ1v) is 7.56. The Morgan fingerprint density at radius 1 is 1.25 bits per heavy atom. The van der Waals surface area contributed by atoms with Crippen molar-refractivity contribution in [3.63, 3.8) is 0 Å². The van der Waals surface area contributed by atoms with Crippen molar-refractivity contribution in [2.45, 2.75) is 37.5 Å². The number of benzene rings is 1. The molecule has 1 aromatic rings. The Hall–Kier alpha value is -1.70. The van der Waals surface area contributed by atoms with Crippen LogP contribution in [0.5, 0.6) is 0 Å². The van der Waals surface area contributed by atoms with E-state index in [-0.39, 0.29) is 12.1 Å². The molecule has 1 saturated heterocycles. The number of amidine groups is 1. The van der Waals surface area contributed by atoms with Crippen LogP contribution in [0.1, 0.15) is 30.7 Å². The molecule has 2 atom stereocenters. The van der Waals surface area contributed by atoms with Gasteiger partial charge in [-0.15, -0.1) is 0 Å². The Morgan fingerprint density at radius 2 is 1.92 bits per heavy atom. The van der Waals surface area contributed by atoms with E-state index >= 15 is 0 Å². The maximum absolute atomic E-state index is 13.8. The molecule has 8 heteroatoms. The molecule has 3 nitrogen and oxygen atoms in total. The first-order chi connectivity index (χ1) is 11.3. The van der Waals surface area contributed by atoms with E-state index in [0.717, 1.165) is 0 Å². The fraction of sp³-hybridized carbons (Fsp3) is 0.500. The average molecular weight is 349 g/mol. The van der Waals surface area contributed by atoms with E-state index in [2.05, 4.69) is 10.3 Å². The van der Waals surface area contributed by atoms with Crippen molar-refractivity contribution in [3.05, 3.63) is 41.8 Å². The van der Waals surface area contributed by atoms with Gasteiger partial charge in [0.05, 0.1) is 19.1 Å². The lowest BCUT2D eigenvalue weighted by Gasteiger charge is -2.16. The number of rotatable bonds is 4. The van der Waals surface area contributed by atoms with E-state index in [1.165, 1.54) is 18.2 Å². The summed E-state index contributed by atoms with van der Waals surface area (Å²) in [5.74, 6) is -1.32. The lowest BCUT2D eigenvalue weighted by molar-refractivity contribution is -0.152. The number of hydrogen-bond acceptors (Lipinski definition) is 2. The molecule has 0 bridgehead atoms. The molecule has 1 heterocycles. The van der Waals surface area contributed by atoms with Crippen molar-refractivity contribution < 1.29 is 27.1 Å². The number of halogens is 5. The quantitative estimate of drug-likeness (QED) is 0.819. The van der Waals surface area contributed by atoms with Gasteiger partial charge in [0.1, 0.15) is 17.5 Å². The average Bonchev–Trinajstić information content (AvgIpc) is 2.69. The second kappa shape index (κ2) is 7.92. The molecule has 0 amide bonds. The van der Waals surface area contributed by atoms with Crippen LogP contribution in [-0.2, 0) is 0 Å². The summed E-state index contributed by atoms with van der Waals surface area (Å²) < 4.78 is 64.1. The monoisotopic (exact) mass is 349 g/mol. The third-order valence-electron chi connectivity index (χ3n) is 3.73. The summed E-state index contributed by atoms with van der Waals surface area (Å²) in [6.07, 6.45) is -4.79. The highest BCUT2D eigenvalue weighted by molar-refractivity contribution is 5.90. The highest BCUT2D eigenvalue weighted by Crippen LogP contribution is 2.28. The van der Waals surface area contributed by atoms with Crippen molar-refractivity contribution in [2.24, 2.45) is 4.99 Å². The number of nitrogens with one attached hydrogen (secondary N) is 1. The van der Waals surface area contributed by atoms with Crippen LogP contribution in [0.4, 0.5) is 22.0 Å². The molecule has 1 aromatic carbocycles. The van der Waals surface area contributed by atoms with Gasteiger partial charge in [-0.25, -0.2) is 8.78 Å². The summed E-state index contributed by atoms with van der Waals surface area (Å²) in [5, 5.41) is 12.2. The van der Waals surface area contributed by atoms with Crippen molar-refractivity contribution in [3.8, 4) is 0 Å². The van der Waals surface area contributed by atoms with Gasteiger partial charge in [0.15, 0.2) is 0 Å². The van der Waals surface area contributed by atoms with Crippen LogP contribution in [-0.4, -0.2) is 36.3 Å². The van der Waals surface area contributed by atoms with Crippen LogP contribution in [0.15, 0.2) is 23.2 Å². The van der Waals surface area contributed by atoms with Crippen LogP contribution in [0, 0.1) is 18.1 Å². The lowest BCUT2D eigenvalue weighted by atomic mass is 9.93. The SMILES string of the molecule is OC(C/N=C1/[CH]CC[C@@H](c2c(F)cccc2F)CN1)CC(F)(F)F. The third-order valence-corrected chi connectivity index (χ3v) is 3.73. The molecule has 1 fully saturated rings. The molecule has 24 heavy (non-hydrogen) atoms. The van der Waals surface area contributed by atoms with Gasteiger partial charge in [0.25, 0.3) is 0 Å². The van der Waals surface area contributed by atoms with Gasteiger partial charge in [-0.05, 0) is 25.0 Å². The largest absolute Gasteiger partial charge is 0.391 e. The summed E-state index contributed by atoms with van der Waals surface area (Å²) in [6, 6.07) is 3.67. The van der Waals surface area contributed by atoms with Crippen LogP contribution >= 0.6 is 0 Å². The molecule has 1 unspecified atom stereocenters. The minimum atomic E-state index is -4.45. The maximum Gasteiger partial charge on any atom is 0.391 e. The van der Waals surface area contributed by atoms with Gasteiger partial charge in [-0.3, -0.25) is 4.99 Å². The topological polar surface area (TPSA) is 44.6 Å². The number of aliphatic hydroxyl groups excluding tert-OH is 1. The molecule has 2 N–H and O–H groups in total. The molecule has 0 saturated carbocycles. The fourth-order valence-electron chi connectivity index (χ4n) is 2.63. The first kappa shape index (κ1) is 18.6. The van der Waals surface area contributed by atoms with Gasteiger partial charge in [-0.1, -0.05) is 6.07 Å². The Labute approximate surface area is 136 Å². The molecular formula is C16H18F5N2O. The standard InChI is InChI=1S/C16H18F5N2O/c17-12-4-2-5-13(18)15(12)10-3-1-6-14(22-8-10)23-9-11(24)7-16(19,20)21/h2,4-6,10-11,24H,1,3,7-9H2,(H,22,23)/t10-,11?/m1/s1. The third kappa shape index (κ3) is 5.43. The summed E-state index contributed by atoms with van der Waals surface area (Å²) in [5.41, 5.74) is -0.00300. The molecule has 1 aliphatic heterocycles. The number of nitrogens with zero attached hydrogens (tertiary/aromatic N) is 1. The normalized spacial score (nSPS) is 22.1. The molecule has 1 radical (unpaired) electrons. The summed E-state index contributed by atoms with van der Waals surface area (Å²) >= 11 is 0. The molecular weight excluding hydrogens is 331 g/mol. The van der Waals surface area contributed by atoms with Gasteiger partial charge in [0.2, 0.25) is 0 Å². The molecule has 0 spiro atoms. The highest BCUT2D eigenvalue weighted by Gasteiger charge is 2.31. The van der Waals surface area contributed by atoms with Gasteiger partial charge in [-0.2, -0.15) is 13.2 Å². The maximum atomic E-state index is 13.8. The summed E-state index contributed by atoms with van der Waals surface area (Å²) in [7, 11) is 0. The van der Waals surface area contributed by atoms with Crippen molar-refractivity contribution in [1.29, 1.82) is 0 Å². The van der Waals surface area contributed by atoms with E-state index in [1.807, 2.05) is 0 Å². The summed E-state index contributed by atoms with van der Waals surface area (Å²) in [6.45, 7) is -0.181. The van der Waals surface area contributed by atoms with Gasteiger partial charge < -0.3 is 10.4 Å². The second-order valence-corrected chi connectivity index (χ2v) is 5.69. The van der Waals surface area contributed by atoms with E-state index in [4.69, 9.17) is 0 Å².